The van der Waals surface area contributed by atoms with Crippen LogP contribution in [0.25, 0.3) is 0 Å². The maximum Gasteiger partial charge on any atom is 0.132 e. The highest BCUT2D eigenvalue weighted by atomic mass is 15.3. The zero-order valence-electron chi connectivity index (χ0n) is 12.1. The van der Waals surface area contributed by atoms with E-state index < -0.39 is 0 Å². The van der Waals surface area contributed by atoms with Gasteiger partial charge in [-0.3, -0.25) is 4.98 Å². The lowest BCUT2D eigenvalue weighted by molar-refractivity contribution is 0.435. The minimum Gasteiger partial charge on any atom is -0.351 e. The van der Waals surface area contributed by atoms with Crippen LogP contribution >= 0.6 is 0 Å². The number of piperazine rings is 1. The van der Waals surface area contributed by atoms with E-state index in [0.29, 0.717) is 6.04 Å². The standard InChI is InChI=1S/C17H20N4/c1-2-7-19-14(3-1)11-13-6-8-20-17-16(13)5-4-15-12-18-9-10-21(15)17/h1-3,6-8,15,18H,4-5,9-12H2/t15-/m1/s1. The molecule has 21 heavy (non-hydrogen) atoms. The molecular formula is C17H20N4. The smallest absolute Gasteiger partial charge is 0.132 e. The second kappa shape index (κ2) is 5.45. The Balaban J connectivity index is 1.68. The summed E-state index contributed by atoms with van der Waals surface area (Å²) in [6, 6.07) is 8.90. The van der Waals surface area contributed by atoms with E-state index >= 15 is 0 Å². The van der Waals surface area contributed by atoms with E-state index in [0.717, 1.165) is 38.2 Å². The van der Waals surface area contributed by atoms with Gasteiger partial charge in [0.15, 0.2) is 0 Å². The average Bonchev–Trinajstić information content (AvgIpc) is 2.56. The Labute approximate surface area is 125 Å². The summed E-state index contributed by atoms with van der Waals surface area (Å²) in [4.78, 5) is 11.6. The van der Waals surface area contributed by atoms with Crippen LogP contribution in [-0.4, -0.2) is 35.6 Å². The number of rotatable bonds is 2. The zero-order valence-corrected chi connectivity index (χ0v) is 12.1. The molecule has 0 aromatic carbocycles. The van der Waals surface area contributed by atoms with Crippen molar-refractivity contribution < 1.29 is 0 Å². The minimum atomic E-state index is 0.615. The SMILES string of the molecule is c1ccc(Cc2ccnc3c2CC[C@@H]2CNCCN32)nc1. The molecule has 2 aliphatic rings. The number of nitrogens with one attached hydrogen (secondary N) is 1. The Morgan fingerprint density at radius 2 is 2.19 bits per heavy atom. The summed E-state index contributed by atoms with van der Waals surface area (Å²) in [5.41, 5.74) is 3.95. The van der Waals surface area contributed by atoms with Crippen molar-refractivity contribution in [3.63, 3.8) is 0 Å². The first-order chi connectivity index (χ1) is 10.4. The van der Waals surface area contributed by atoms with E-state index in [4.69, 9.17) is 0 Å². The number of hydrogen-bond donors (Lipinski definition) is 1. The first-order valence-electron chi connectivity index (χ1n) is 7.76. The quantitative estimate of drug-likeness (QED) is 0.910. The summed E-state index contributed by atoms with van der Waals surface area (Å²) in [6.07, 6.45) is 7.09. The number of anilines is 1. The lowest BCUT2D eigenvalue weighted by atomic mass is 9.92. The van der Waals surface area contributed by atoms with Crippen LogP contribution in [0.1, 0.15) is 23.2 Å². The third-order valence-corrected chi connectivity index (χ3v) is 4.58. The second-order valence-electron chi connectivity index (χ2n) is 5.86. The summed E-state index contributed by atoms with van der Waals surface area (Å²) in [5.74, 6) is 1.21. The zero-order chi connectivity index (χ0) is 14.1. The average molecular weight is 280 g/mol. The Morgan fingerprint density at radius 1 is 1.19 bits per heavy atom. The number of aromatic nitrogens is 2. The van der Waals surface area contributed by atoms with Gasteiger partial charge in [0, 0.05) is 50.2 Å². The lowest BCUT2D eigenvalue weighted by Crippen LogP contribution is -2.53. The van der Waals surface area contributed by atoms with Crippen LogP contribution in [0.3, 0.4) is 0 Å². The van der Waals surface area contributed by atoms with Gasteiger partial charge in [-0.05, 0) is 42.2 Å². The third kappa shape index (κ3) is 2.40. The first-order valence-corrected chi connectivity index (χ1v) is 7.76. The fourth-order valence-corrected chi connectivity index (χ4v) is 3.51. The molecule has 0 aliphatic carbocycles. The van der Waals surface area contributed by atoms with Gasteiger partial charge in [0.25, 0.3) is 0 Å². The fraction of sp³-hybridized carbons (Fsp3) is 0.412. The van der Waals surface area contributed by atoms with Crippen LogP contribution in [0.15, 0.2) is 36.7 Å². The van der Waals surface area contributed by atoms with Crippen molar-refractivity contribution in [2.24, 2.45) is 0 Å². The van der Waals surface area contributed by atoms with Gasteiger partial charge in [-0.15, -0.1) is 0 Å². The number of nitrogens with zero attached hydrogens (tertiary/aromatic N) is 3. The highest BCUT2D eigenvalue weighted by molar-refractivity contribution is 5.55. The summed E-state index contributed by atoms with van der Waals surface area (Å²) < 4.78 is 0. The molecule has 1 saturated heterocycles. The molecule has 4 nitrogen and oxygen atoms in total. The predicted molar refractivity (Wildman–Crippen MR) is 83.6 cm³/mol. The number of fused-ring (bicyclic) bond motifs is 3. The van der Waals surface area contributed by atoms with Gasteiger partial charge in [-0.25, -0.2) is 4.98 Å². The largest absolute Gasteiger partial charge is 0.351 e. The van der Waals surface area contributed by atoms with Gasteiger partial charge < -0.3 is 10.2 Å². The molecule has 2 aliphatic heterocycles. The maximum absolute atomic E-state index is 4.68. The van der Waals surface area contributed by atoms with Crippen molar-refractivity contribution in [3.8, 4) is 0 Å². The minimum absolute atomic E-state index is 0.615. The van der Waals surface area contributed by atoms with Gasteiger partial charge in [-0.1, -0.05) is 6.07 Å². The van der Waals surface area contributed by atoms with Crippen molar-refractivity contribution in [2.75, 3.05) is 24.5 Å². The molecule has 0 saturated carbocycles. The maximum atomic E-state index is 4.68. The molecule has 4 heteroatoms. The van der Waals surface area contributed by atoms with Gasteiger partial charge in [-0.2, -0.15) is 0 Å². The molecular weight excluding hydrogens is 260 g/mol. The van der Waals surface area contributed by atoms with Crippen LogP contribution in [-0.2, 0) is 12.8 Å². The normalized spacial score (nSPS) is 20.8. The molecule has 0 unspecified atom stereocenters. The summed E-state index contributed by atoms with van der Waals surface area (Å²) in [5, 5.41) is 3.49. The van der Waals surface area contributed by atoms with Crippen molar-refractivity contribution in [3.05, 3.63) is 53.5 Å². The Morgan fingerprint density at radius 3 is 3.10 bits per heavy atom. The lowest BCUT2D eigenvalue weighted by Gasteiger charge is -2.41. The van der Waals surface area contributed by atoms with E-state index in [1.807, 2.05) is 18.5 Å². The monoisotopic (exact) mass is 280 g/mol. The van der Waals surface area contributed by atoms with E-state index in [1.54, 1.807) is 0 Å². The van der Waals surface area contributed by atoms with Crippen LogP contribution in [0.4, 0.5) is 5.82 Å². The first kappa shape index (κ1) is 12.8. The number of pyridine rings is 2. The molecule has 4 rings (SSSR count). The van der Waals surface area contributed by atoms with E-state index in [9.17, 15) is 0 Å². The van der Waals surface area contributed by atoms with Crippen LogP contribution in [0.5, 0.6) is 0 Å². The predicted octanol–water partition coefficient (Wildman–Crippen LogP) is 1.79. The van der Waals surface area contributed by atoms with Gasteiger partial charge >= 0.3 is 0 Å². The Kier molecular flexibility index (Phi) is 3.31. The third-order valence-electron chi connectivity index (χ3n) is 4.58. The summed E-state index contributed by atoms with van der Waals surface area (Å²) >= 11 is 0. The molecule has 0 radical (unpaired) electrons. The molecule has 2 aromatic rings. The molecule has 1 fully saturated rings. The Hall–Kier alpha value is -1.94. The van der Waals surface area contributed by atoms with Crippen LogP contribution in [0.2, 0.25) is 0 Å². The molecule has 108 valence electrons. The van der Waals surface area contributed by atoms with E-state index in [-0.39, 0.29) is 0 Å². The van der Waals surface area contributed by atoms with Gasteiger partial charge in [0.05, 0.1) is 0 Å². The van der Waals surface area contributed by atoms with Crippen molar-refractivity contribution in [2.45, 2.75) is 25.3 Å². The topological polar surface area (TPSA) is 41.1 Å². The van der Waals surface area contributed by atoms with Gasteiger partial charge in [0.1, 0.15) is 5.82 Å². The van der Waals surface area contributed by atoms with Crippen LogP contribution < -0.4 is 10.2 Å². The Bertz CT molecular complexity index is 626. The van der Waals surface area contributed by atoms with Crippen LogP contribution in [0, 0.1) is 0 Å². The van der Waals surface area contributed by atoms with E-state index in [2.05, 4.69) is 38.4 Å². The molecule has 1 atom stereocenters. The van der Waals surface area contributed by atoms with Gasteiger partial charge in [0.2, 0.25) is 0 Å². The molecule has 0 amide bonds. The molecule has 4 heterocycles. The molecule has 2 aromatic heterocycles. The van der Waals surface area contributed by atoms with Crippen molar-refractivity contribution in [1.29, 1.82) is 0 Å². The molecule has 0 spiro atoms. The highest BCUT2D eigenvalue weighted by Crippen LogP contribution is 2.32. The van der Waals surface area contributed by atoms with Crippen molar-refractivity contribution in [1.82, 2.24) is 15.3 Å². The second-order valence-corrected chi connectivity index (χ2v) is 5.86. The van der Waals surface area contributed by atoms with E-state index in [1.165, 1.54) is 23.4 Å². The molecule has 0 bridgehead atoms. The highest BCUT2D eigenvalue weighted by Gasteiger charge is 2.30. The van der Waals surface area contributed by atoms with Crippen molar-refractivity contribution >= 4 is 5.82 Å². The summed E-state index contributed by atoms with van der Waals surface area (Å²) in [6.45, 7) is 3.21. The molecule has 1 N–H and O–H groups in total. The summed E-state index contributed by atoms with van der Waals surface area (Å²) in [7, 11) is 0. The fourth-order valence-electron chi connectivity index (χ4n) is 3.51. The number of hydrogen-bond acceptors (Lipinski definition) is 4.